The molecule has 84 valence electrons. The minimum atomic E-state index is -0.183. The number of benzene rings is 1. The molecule has 0 bridgehead atoms. The summed E-state index contributed by atoms with van der Waals surface area (Å²) in [5.41, 5.74) is 2.55. The van der Waals surface area contributed by atoms with Gasteiger partial charge in [-0.15, -0.1) is 0 Å². The molecule has 3 rings (SSSR count). The Labute approximate surface area is 103 Å². The predicted molar refractivity (Wildman–Crippen MR) is 64.2 cm³/mol. The van der Waals surface area contributed by atoms with Crippen molar-refractivity contribution in [2.45, 2.75) is 37.7 Å². The Hall–Kier alpha value is -0.830. The van der Waals surface area contributed by atoms with Crippen LogP contribution in [0.1, 0.15) is 30.4 Å². The highest BCUT2D eigenvalue weighted by atomic mass is 79.9. The van der Waals surface area contributed by atoms with Gasteiger partial charge in [0.15, 0.2) is 0 Å². The number of carbonyl (C=O) groups is 1. The van der Waals surface area contributed by atoms with Gasteiger partial charge in [-0.05, 0) is 42.5 Å². The highest BCUT2D eigenvalue weighted by molar-refractivity contribution is 9.10. The van der Waals surface area contributed by atoms with Gasteiger partial charge >= 0.3 is 5.97 Å². The fraction of sp³-hybridized carbons (Fsp3) is 0.462. The van der Waals surface area contributed by atoms with Gasteiger partial charge in [0.05, 0.1) is 0 Å². The second kappa shape index (κ2) is 3.59. The molecule has 1 atom stereocenters. The lowest BCUT2D eigenvalue weighted by atomic mass is 9.79. The Morgan fingerprint density at radius 1 is 1.19 bits per heavy atom. The Balaban J connectivity index is 1.92. The van der Waals surface area contributed by atoms with Gasteiger partial charge in [-0.25, -0.2) is 0 Å². The number of rotatable bonds is 0. The van der Waals surface area contributed by atoms with Crippen LogP contribution in [-0.2, 0) is 22.4 Å². The van der Waals surface area contributed by atoms with Crippen molar-refractivity contribution in [1.29, 1.82) is 0 Å². The van der Waals surface area contributed by atoms with E-state index in [1.54, 1.807) is 0 Å². The zero-order valence-electron chi connectivity index (χ0n) is 8.96. The van der Waals surface area contributed by atoms with E-state index < -0.39 is 0 Å². The van der Waals surface area contributed by atoms with E-state index in [0.717, 1.165) is 30.2 Å². The molecule has 1 heterocycles. The van der Waals surface area contributed by atoms with Crippen molar-refractivity contribution in [3.05, 3.63) is 33.8 Å². The molecule has 0 amide bonds. The standard InChI is InChI=1S/C13H13BrO2/c14-11-2-1-10-8-13(5-3-9(10)7-11)6-4-12(15)16-13/h1-2,7H,3-6,8H2. The number of hydrogen-bond donors (Lipinski definition) is 0. The maximum absolute atomic E-state index is 11.3. The third kappa shape index (κ3) is 1.67. The van der Waals surface area contributed by atoms with Crippen molar-refractivity contribution < 1.29 is 9.53 Å². The van der Waals surface area contributed by atoms with E-state index >= 15 is 0 Å². The average molecular weight is 281 g/mol. The largest absolute Gasteiger partial charge is 0.459 e. The van der Waals surface area contributed by atoms with Gasteiger partial charge in [-0.3, -0.25) is 4.79 Å². The predicted octanol–water partition coefficient (Wildman–Crippen LogP) is 3.01. The van der Waals surface area contributed by atoms with E-state index in [-0.39, 0.29) is 11.6 Å². The molecule has 16 heavy (non-hydrogen) atoms. The zero-order chi connectivity index (χ0) is 11.2. The topological polar surface area (TPSA) is 26.3 Å². The number of esters is 1. The van der Waals surface area contributed by atoms with Crippen LogP contribution >= 0.6 is 15.9 Å². The van der Waals surface area contributed by atoms with Gasteiger partial charge in [-0.2, -0.15) is 0 Å². The Kier molecular flexibility index (Phi) is 2.32. The molecule has 1 fully saturated rings. The highest BCUT2D eigenvalue weighted by Crippen LogP contribution is 2.39. The molecule has 0 saturated carbocycles. The van der Waals surface area contributed by atoms with Gasteiger partial charge in [0.25, 0.3) is 0 Å². The molecule has 2 nitrogen and oxygen atoms in total. The maximum Gasteiger partial charge on any atom is 0.306 e. The molecule has 1 unspecified atom stereocenters. The Morgan fingerprint density at radius 3 is 2.75 bits per heavy atom. The molecule has 0 aromatic heterocycles. The molecule has 0 radical (unpaired) electrons. The monoisotopic (exact) mass is 280 g/mol. The fourth-order valence-electron chi connectivity index (χ4n) is 2.77. The molecule has 1 aliphatic carbocycles. The van der Waals surface area contributed by atoms with Crippen molar-refractivity contribution in [2.24, 2.45) is 0 Å². The lowest BCUT2D eigenvalue weighted by Crippen LogP contribution is -2.35. The maximum atomic E-state index is 11.3. The van der Waals surface area contributed by atoms with Crippen LogP contribution in [0.3, 0.4) is 0 Å². The number of ether oxygens (including phenoxy) is 1. The van der Waals surface area contributed by atoms with Crippen LogP contribution in [0.5, 0.6) is 0 Å². The molecular formula is C13H13BrO2. The van der Waals surface area contributed by atoms with Crippen LogP contribution in [0.15, 0.2) is 22.7 Å². The van der Waals surface area contributed by atoms with Gasteiger partial charge in [0.1, 0.15) is 5.60 Å². The second-order valence-corrected chi connectivity index (χ2v) is 5.66. The summed E-state index contributed by atoms with van der Waals surface area (Å²) >= 11 is 3.49. The SMILES string of the molecule is O=C1CCC2(CCc3cc(Br)ccc3C2)O1. The van der Waals surface area contributed by atoms with Gasteiger partial charge < -0.3 is 4.74 Å². The first kappa shape index (κ1) is 10.3. The van der Waals surface area contributed by atoms with Crippen LogP contribution in [0.2, 0.25) is 0 Å². The molecule has 1 saturated heterocycles. The first-order chi connectivity index (χ1) is 7.67. The lowest BCUT2D eigenvalue weighted by molar-refractivity contribution is -0.149. The average Bonchev–Trinajstić information content (AvgIpc) is 2.61. The molecule has 1 aromatic carbocycles. The Bertz CT molecular complexity index is 455. The van der Waals surface area contributed by atoms with Crippen LogP contribution in [0.25, 0.3) is 0 Å². The minimum Gasteiger partial charge on any atom is -0.459 e. The van der Waals surface area contributed by atoms with Gasteiger partial charge in [0, 0.05) is 17.3 Å². The summed E-state index contributed by atoms with van der Waals surface area (Å²) in [6.45, 7) is 0. The van der Waals surface area contributed by atoms with Crippen molar-refractivity contribution in [3.63, 3.8) is 0 Å². The van der Waals surface area contributed by atoms with Gasteiger partial charge in [0.2, 0.25) is 0 Å². The van der Waals surface area contributed by atoms with Crippen LogP contribution in [0.4, 0.5) is 0 Å². The zero-order valence-corrected chi connectivity index (χ0v) is 10.5. The van der Waals surface area contributed by atoms with Gasteiger partial charge in [-0.1, -0.05) is 22.0 Å². The van der Waals surface area contributed by atoms with Crippen molar-refractivity contribution >= 4 is 21.9 Å². The number of halogens is 1. The van der Waals surface area contributed by atoms with Crippen molar-refractivity contribution in [3.8, 4) is 0 Å². The third-order valence-electron chi connectivity index (χ3n) is 3.65. The molecular weight excluding hydrogens is 268 g/mol. The summed E-state index contributed by atoms with van der Waals surface area (Å²) in [6.07, 6.45) is 4.36. The van der Waals surface area contributed by atoms with E-state index in [2.05, 4.69) is 34.1 Å². The summed E-state index contributed by atoms with van der Waals surface area (Å²) in [4.78, 5) is 11.3. The van der Waals surface area contributed by atoms with E-state index in [9.17, 15) is 4.79 Å². The molecule has 1 spiro atoms. The van der Waals surface area contributed by atoms with E-state index in [0.29, 0.717) is 6.42 Å². The summed E-state index contributed by atoms with van der Waals surface area (Å²) in [5, 5.41) is 0. The van der Waals surface area contributed by atoms with Crippen LogP contribution in [-0.4, -0.2) is 11.6 Å². The normalized spacial score (nSPS) is 27.9. The first-order valence-corrected chi connectivity index (χ1v) is 6.45. The molecule has 3 heteroatoms. The first-order valence-electron chi connectivity index (χ1n) is 5.66. The molecule has 0 N–H and O–H groups in total. The summed E-state index contributed by atoms with van der Waals surface area (Å²) in [5.74, 6) is -0.0273. The lowest BCUT2D eigenvalue weighted by Gasteiger charge is -2.33. The molecule has 2 aliphatic rings. The number of carbonyl (C=O) groups excluding carboxylic acids is 1. The Morgan fingerprint density at radius 2 is 2.00 bits per heavy atom. The van der Waals surface area contributed by atoms with Crippen LogP contribution < -0.4 is 0 Å². The molecule has 1 aliphatic heterocycles. The minimum absolute atomic E-state index is 0.0273. The fourth-order valence-corrected chi connectivity index (χ4v) is 3.18. The number of hydrogen-bond acceptors (Lipinski definition) is 2. The van der Waals surface area contributed by atoms with E-state index in [4.69, 9.17) is 4.74 Å². The summed E-state index contributed by atoms with van der Waals surface area (Å²) in [6, 6.07) is 6.39. The smallest absolute Gasteiger partial charge is 0.306 e. The van der Waals surface area contributed by atoms with Crippen molar-refractivity contribution in [2.75, 3.05) is 0 Å². The number of aryl methyl sites for hydroxylation is 1. The van der Waals surface area contributed by atoms with E-state index in [1.807, 2.05) is 0 Å². The summed E-state index contributed by atoms with van der Waals surface area (Å²) < 4.78 is 6.66. The van der Waals surface area contributed by atoms with Crippen LogP contribution in [0, 0.1) is 0 Å². The van der Waals surface area contributed by atoms with E-state index in [1.165, 1.54) is 11.1 Å². The number of fused-ring (bicyclic) bond motifs is 1. The second-order valence-electron chi connectivity index (χ2n) is 4.75. The molecule has 1 aromatic rings. The van der Waals surface area contributed by atoms with Crippen molar-refractivity contribution in [1.82, 2.24) is 0 Å². The highest BCUT2D eigenvalue weighted by Gasteiger charge is 2.42. The third-order valence-corrected chi connectivity index (χ3v) is 4.14. The quantitative estimate of drug-likeness (QED) is 0.683. The summed E-state index contributed by atoms with van der Waals surface area (Å²) in [7, 11) is 0.